The summed E-state index contributed by atoms with van der Waals surface area (Å²) in [5.74, 6) is 0.207. The minimum absolute atomic E-state index is 0.152. The third kappa shape index (κ3) is 3.48. The van der Waals surface area contributed by atoms with Crippen LogP contribution in [0.2, 0.25) is 10.0 Å². The monoisotopic (exact) mass is 353 g/mol. The van der Waals surface area contributed by atoms with E-state index in [1.165, 1.54) is 11.8 Å². The number of benzene rings is 1. The van der Waals surface area contributed by atoms with E-state index < -0.39 is 11.7 Å². The molecule has 2 N–H and O–H groups in total. The zero-order valence-corrected chi connectivity index (χ0v) is 12.9. The van der Waals surface area contributed by atoms with Crippen molar-refractivity contribution in [2.24, 2.45) is 0 Å². The molecule has 2 rings (SSSR count). The molecule has 0 aliphatic carbocycles. The Labute approximate surface area is 134 Å². The molecule has 120 valence electrons. The molecule has 9 heteroatoms. The fourth-order valence-electron chi connectivity index (χ4n) is 1.95. The average molecular weight is 354 g/mol. The van der Waals surface area contributed by atoms with Crippen molar-refractivity contribution in [3.05, 3.63) is 39.5 Å². The molecule has 0 bridgehead atoms. The Morgan fingerprint density at radius 2 is 1.82 bits per heavy atom. The number of halogens is 5. The lowest BCUT2D eigenvalue weighted by Crippen LogP contribution is -2.09. The van der Waals surface area contributed by atoms with Crippen LogP contribution in [-0.4, -0.2) is 23.5 Å². The Bertz CT molecular complexity index is 663. The molecule has 1 aromatic heterocycles. The summed E-state index contributed by atoms with van der Waals surface area (Å²) in [6, 6.07) is 3.20. The van der Waals surface area contributed by atoms with Crippen molar-refractivity contribution in [2.45, 2.75) is 12.6 Å². The van der Waals surface area contributed by atoms with Gasteiger partial charge in [0.2, 0.25) is 0 Å². The van der Waals surface area contributed by atoms with Gasteiger partial charge in [-0.25, -0.2) is 4.68 Å². The van der Waals surface area contributed by atoms with Crippen LogP contribution in [0.1, 0.15) is 11.3 Å². The molecule has 1 heterocycles. The fourth-order valence-corrected chi connectivity index (χ4v) is 2.60. The van der Waals surface area contributed by atoms with Crippen molar-refractivity contribution < 1.29 is 17.9 Å². The largest absolute Gasteiger partial charge is 0.416 e. The minimum Gasteiger partial charge on any atom is -0.384 e. The van der Waals surface area contributed by atoms with Crippen molar-refractivity contribution in [1.29, 1.82) is 0 Å². The van der Waals surface area contributed by atoms with Crippen molar-refractivity contribution in [3.63, 3.8) is 0 Å². The van der Waals surface area contributed by atoms with Gasteiger partial charge < -0.3 is 10.5 Å². The molecule has 2 aromatic rings. The van der Waals surface area contributed by atoms with Gasteiger partial charge in [-0.05, 0) is 12.1 Å². The lowest BCUT2D eigenvalue weighted by atomic mass is 10.2. The average Bonchev–Trinajstić information content (AvgIpc) is 2.75. The van der Waals surface area contributed by atoms with Gasteiger partial charge in [0.15, 0.2) is 0 Å². The van der Waals surface area contributed by atoms with Gasteiger partial charge in [-0.2, -0.15) is 18.3 Å². The van der Waals surface area contributed by atoms with E-state index in [0.29, 0.717) is 18.7 Å². The number of nitrogens with zero attached hydrogens (tertiary/aromatic N) is 2. The number of alkyl halides is 3. The summed E-state index contributed by atoms with van der Waals surface area (Å²) in [6.45, 7) is 0.390. The Kier molecular flexibility index (Phi) is 4.89. The molecule has 0 unspecified atom stereocenters. The predicted molar refractivity (Wildman–Crippen MR) is 78.6 cm³/mol. The number of aromatic nitrogens is 2. The van der Waals surface area contributed by atoms with Crippen LogP contribution in [0, 0.1) is 0 Å². The van der Waals surface area contributed by atoms with Gasteiger partial charge >= 0.3 is 6.18 Å². The zero-order chi connectivity index (χ0) is 16.5. The van der Waals surface area contributed by atoms with Crippen LogP contribution in [-0.2, 0) is 17.3 Å². The molecule has 22 heavy (non-hydrogen) atoms. The Morgan fingerprint density at radius 1 is 1.23 bits per heavy atom. The number of rotatable bonds is 4. The van der Waals surface area contributed by atoms with E-state index in [9.17, 15) is 13.2 Å². The van der Waals surface area contributed by atoms with Crippen molar-refractivity contribution >= 4 is 29.0 Å². The highest BCUT2D eigenvalue weighted by Gasteiger charge is 2.32. The normalized spacial score (nSPS) is 11.9. The molecule has 0 spiro atoms. The van der Waals surface area contributed by atoms with Crippen LogP contribution in [0.3, 0.4) is 0 Å². The topological polar surface area (TPSA) is 53.1 Å². The highest BCUT2D eigenvalue weighted by Crippen LogP contribution is 2.37. The molecular weight excluding hydrogens is 342 g/mol. The van der Waals surface area contributed by atoms with Gasteiger partial charge in [0.05, 0.1) is 22.2 Å². The second-order valence-electron chi connectivity index (χ2n) is 4.50. The number of anilines is 1. The smallest absolute Gasteiger partial charge is 0.384 e. The van der Waals surface area contributed by atoms with Gasteiger partial charge in [-0.1, -0.05) is 23.2 Å². The molecule has 0 aliphatic rings. The molecule has 0 amide bonds. The molecule has 0 radical (unpaired) electrons. The summed E-state index contributed by atoms with van der Waals surface area (Å²) >= 11 is 11.9. The lowest BCUT2D eigenvalue weighted by molar-refractivity contribution is -0.137. The standard InChI is InChI=1S/C13H12Cl2F3N3O/c1-22-3-2-8-6-11(19)20-21(8)12-9(14)4-7(5-10(12)15)13(16,17)18/h4-6H,2-3H2,1H3,(H2,19,20). The van der Waals surface area contributed by atoms with Crippen LogP contribution in [0.15, 0.2) is 18.2 Å². The molecule has 0 saturated carbocycles. The number of hydrogen-bond acceptors (Lipinski definition) is 3. The first kappa shape index (κ1) is 16.9. The summed E-state index contributed by atoms with van der Waals surface area (Å²) in [7, 11) is 1.53. The van der Waals surface area contributed by atoms with Crippen LogP contribution >= 0.6 is 23.2 Å². The third-order valence-electron chi connectivity index (χ3n) is 2.92. The van der Waals surface area contributed by atoms with Gasteiger partial charge in [-0.15, -0.1) is 0 Å². The van der Waals surface area contributed by atoms with E-state index in [-0.39, 0.29) is 21.6 Å². The Hall–Kier alpha value is -1.44. The highest BCUT2D eigenvalue weighted by molar-refractivity contribution is 6.37. The maximum absolute atomic E-state index is 12.8. The molecule has 0 aliphatic heterocycles. The number of hydrogen-bond donors (Lipinski definition) is 1. The number of nitrogens with two attached hydrogens (primary N) is 1. The van der Waals surface area contributed by atoms with Crippen LogP contribution in [0.5, 0.6) is 0 Å². The Morgan fingerprint density at radius 3 is 2.32 bits per heavy atom. The number of ether oxygens (including phenoxy) is 1. The van der Waals surface area contributed by atoms with Crippen LogP contribution in [0.25, 0.3) is 5.69 Å². The maximum atomic E-state index is 12.8. The fraction of sp³-hybridized carbons (Fsp3) is 0.308. The van der Waals surface area contributed by atoms with Gasteiger partial charge in [0.1, 0.15) is 11.5 Å². The van der Waals surface area contributed by atoms with E-state index in [0.717, 1.165) is 12.1 Å². The molecule has 0 atom stereocenters. The summed E-state index contributed by atoms with van der Waals surface area (Å²) in [5, 5.41) is 3.71. The molecule has 4 nitrogen and oxygen atoms in total. The first-order valence-electron chi connectivity index (χ1n) is 6.14. The molecule has 0 saturated heterocycles. The third-order valence-corrected chi connectivity index (χ3v) is 3.50. The second-order valence-corrected chi connectivity index (χ2v) is 5.32. The minimum atomic E-state index is -4.53. The maximum Gasteiger partial charge on any atom is 0.416 e. The van der Waals surface area contributed by atoms with E-state index >= 15 is 0 Å². The number of methoxy groups -OCH3 is 1. The van der Waals surface area contributed by atoms with E-state index in [1.54, 1.807) is 6.07 Å². The van der Waals surface area contributed by atoms with Gasteiger partial charge in [0, 0.05) is 25.3 Å². The number of nitrogen functional groups attached to an aromatic ring is 1. The SMILES string of the molecule is COCCc1cc(N)nn1-c1c(Cl)cc(C(F)(F)F)cc1Cl. The van der Waals surface area contributed by atoms with Crippen molar-refractivity contribution in [3.8, 4) is 5.69 Å². The van der Waals surface area contributed by atoms with E-state index in [4.69, 9.17) is 33.7 Å². The van der Waals surface area contributed by atoms with Crippen molar-refractivity contribution in [2.75, 3.05) is 19.5 Å². The van der Waals surface area contributed by atoms with E-state index in [2.05, 4.69) is 5.10 Å². The molecule has 1 aromatic carbocycles. The quantitative estimate of drug-likeness (QED) is 0.904. The Balaban J connectivity index is 2.54. The summed E-state index contributed by atoms with van der Waals surface area (Å²) < 4.78 is 44.6. The predicted octanol–water partition coefficient (Wildman–Crippen LogP) is 3.97. The van der Waals surface area contributed by atoms with Crippen molar-refractivity contribution in [1.82, 2.24) is 9.78 Å². The molecule has 0 fully saturated rings. The molecular formula is C13H12Cl2F3N3O. The van der Waals surface area contributed by atoms with E-state index in [1.807, 2.05) is 0 Å². The zero-order valence-electron chi connectivity index (χ0n) is 11.4. The van der Waals surface area contributed by atoms with Gasteiger partial charge in [0.25, 0.3) is 0 Å². The highest BCUT2D eigenvalue weighted by atomic mass is 35.5. The lowest BCUT2D eigenvalue weighted by Gasteiger charge is -2.14. The first-order valence-corrected chi connectivity index (χ1v) is 6.89. The first-order chi connectivity index (χ1) is 10.2. The second kappa shape index (κ2) is 6.36. The van der Waals surface area contributed by atoms with Crippen LogP contribution < -0.4 is 5.73 Å². The summed E-state index contributed by atoms with van der Waals surface area (Å²) in [5.41, 5.74) is 5.50. The summed E-state index contributed by atoms with van der Waals surface area (Å²) in [6.07, 6.45) is -4.08. The van der Waals surface area contributed by atoms with Gasteiger partial charge in [-0.3, -0.25) is 0 Å². The van der Waals surface area contributed by atoms with Crippen LogP contribution in [0.4, 0.5) is 19.0 Å². The summed E-state index contributed by atoms with van der Waals surface area (Å²) in [4.78, 5) is 0.